The number of carbonyl (C=O) groups is 1. The van der Waals surface area contributed by atoms with Crippen LogP contribution in [0.15, 0.2) is 30.6 Å². The van der Waals surface area contributed by atoms with Crippen LogP contribution in [-0.2, 0) is 4.79 Å². The van der Waals surface area contributed by atoms with Crippen molar-refractivity contribution >= 4 is 17.3 Å². The molecule has 1 heterocycles. The van der Waals surface area contributed by atoms with Crippen LogP contribution < -0.4 is 5.32 Å². The van der Waals surface area contributed by atoms with Gasteiger partial charge in [0.05, 0.1) is 16.8 Å². The van der Waals surface area contributed by atoms with Crippen LogP contribution in [0.2, 0.25) is 0 Å². The molecule has 0 unspecified atom stereocenters. The molecule has 6 nitrogen and oxygen atoms in total. The van der Waals surface area contributed by atoms with Gasteiger partial charge in [0.1, 0.15) is 6.20 Å². The second kappa shape index (κ2) is 6.37. The number of allylic oxidation sites excluding steroid dienone is 2. The van der Waals surface area contributed by atoms with Crippen molar-refractivity contribution in [2.75, 3.05) is 5.32 Å². The van der Waals surface area contributed by atoms with E-state index in [1.807, 2.05) is 19.1 Å². The summed E-state index contributed by atoms with van der Waals surface area (Å²) >= 11 is 0. The molecule has 0 fully saturated rings. The van der Waals surface area contributed by atoms with Gasteiger partial charge in [-0.2, -0.15) is 0 Å². The topological polar surface area (TPSA) is 85.1 Å². The summed E-state index contributed by atoms with van der Waals surface area (Å²) in [5.74, 6) is -0.189. The molecular formula is C11H13N3O3. The van der Waals surface area contributed by atoms with Crippen molar-refractivity contribution in [3.05, 3.63) is 40.7 Å². The highest BCUT2D eigenvalue weighted by Gasteiger charge is 2.08. The van der Waals surface area contributed by atoms with Gasteiger partial charge in [-0.3, -0.25) is 19.9 Å². The SMILES string of the molecule is C/C=C\CCC(=O)Nc1cncc([N+](=O)[O-])c1. The van der Waals surface area contributed by atoms with Crippen LogP contribution >= 0.6 is 0 Å². The van der Waals surface area contributed by atoms with Crippen molar-refractivity contribution in [3.63, 3.8) is 0 Å². The van der Waals surface area contributed by atoms with Gasteiger partial charge in [-0.1, -0.05) is 12.2 Å². The minimum absolute atomic E-state index is 0.142. The number of carbonyl (C=O) groups excluding carboxylic acids is 1. The van der Waals surface area contributed by atoms with E-state index in [0.29, 0.717) is 18.5 Å². The summed E-state index contributed by atoms with van der Waals surface area (Å²) in [5, 5.41) is 13.0. The first-order valence-corrected chi connectivity index (χ1v) is 5.14. The van der Waals surface area contributed by atoms with Crippen LogP contribution in [0.1, 0.15) is 19.8 Å². The van der Waals surface area contributed by atoms with Crippen molar-refractivity contribution in [1.29, 1.82) is 0 Å². The molecule has 1 aromatic rings. The zero-order valence-electron chi connectivity index (χ0n) is 9.42. The van der Waals surface area contributed by atoms with Crippen molar-refractivity contribution in [1.82, 2.24) is 4.98 Å². The number of hydrogen-bond acceptors (Lipinski definition) is 4. The summed E-state index contributed by atoms with van der Waals surface area (Å²) in [6.07, 6.45) is 7.24. The fraction of sp³-hybridized carbons (Fsp3) is 0.273. The van der Waals surface area contributed by atoms with Crippen LogP contribution in [0.25, 0.3) is 0 Å². The Hall–Kier alpha value is -2.24. The molecule has 1 amide bonds. The lowest BCUT2D eigenvalue weighted by Gasteiger charge is -2.02. The minimum Gasteiger partial charge on any atom is -0.325 e. The van der Waals surface area contributed by atoms with Gasteiger partial charge in [0.2, 0.25) is 5.91 Å². The Morgan fingerprint density at radius 3 is 3.00 bits per heavy atom. The molecule has 0 saturated carbocycles. The predicted octanol–water partition coefficient (Wildman–Crippen LogP) is 2.28. The van der Waals surface area contributed by atoms with Gasteiger partial charge in [0.25, 0.3) is 5.69 Å². The second-order valence-electron chi connectivity index (χ2n) is 3.34. The van der Waals surface area contributed by atoms with Gasteiger partial charge < -0.3 is 5.32 Å². The lowest BCUT2D eigenvalue weighted by molar-refractivity contribution is -0.385. The number of aromatic nitrogens is 1. The van der Waals surface area contributed by atoms with Crippen LogP contribution in [-0.4, -0.2) is 15.8 Å². The van der Waals surface area contributed by atoms with Gasteiger partial charge in [0.15, 0.2) is 0 Å². The Morgan fingerprint density at radius 2 is 2.35 bits per heavy atom. The van der Waals surface area contributed by atoms with E-state index in [-0.39, 0.29) is 11.6 Å². The van der Waals surface area contributed by atoms with E-state index in [0.717, 1.165) is 6.20 Å². The fourth-order valence-corrected chi connectivity index (χ4v) is 1.20. The molecule has 1 N–H and O–H groups in total. The third kappa shape index (κ3) is 4.42. The number of amides is 1. The van der Waals surface area contributed by atoms with Crippen molar-refractivity contribution in [2.45, 2.75) is 19.8 Å². The molecule has 0 aromatic carbocycles. The zero-order chi connectivity index (χ0) is 12.7. The number of pyridine rings is 1. The molecule has 6 heteroatoms. The first-order valence-electron chi connectivity index (χ1n) is 5.14. The molecule has 0 aliphatic rings. The molecule has 0 saturated heterocycles. The Morgan fingerprint density at radius 1 is 1.59 bits per heavy atom. The second-order valence-corrected chi connectivity index (χ2v) is 3.34. The highest BCUT2D eigenvalue weighted by atomic mass is 16.6. The third-order valence-corrected chi connectivity index (χ3v) is 1.99. The lowest BCUT2D eigenvalue weighted by atomic mass is 10.2. The minimum atomic E-state index is -0.553. The van der Waals surface area contributed by atoms with Crippen molar-refractivity contribution < 1.29 is 9.72 Å². The van der Waals surface area contributed by atoms with Gasteiger partial charge >= 0.3 is 0 Å². The Bertz CT molecular complexity index is 443. The summed E-state index contributed by atoms with van der Waals surface area (Å²) in [4.78, 5) is 25.1. The average Bonchev–Trinajstić information content (AvgIpc) is 2.29. The largest absolute Gasteiger partial charge is 0.325 e. The molecular weight excluding hydrogens is 222 g/mol. The molecule has 1 aromatic heterocycles. The van der Waals surface area contributed by atoms with Gasteiger partial charge in [-0.05, 0) is 13.3 Å². The molecule has 0 spiro atoms. The smallest absolute Gasteiger partial charge is 0.289 e. The summed E-state index contributed by atoms with van der Waals surface area (Å²) < 4.78 is 0. The predicted molar refractivity (Wildman–Crippen MR) is 63.6 cm³/mol. The molecule has 17 heavy (non-hydrogen) atoms. The maximum absolute atomic E-state index is 11.4. The lowest BCUT2D eigenvalue weighted by Crippen LogP contribution is -2.11. The first-order chi connectivity index (χ1) is 8.13. The molecule has 0 radical (unpaired) electrons. The van der Waals surface area contributed by atoms with E-state index < -0.39 is 4.92 Å². The van der Waals surface area contributed by atoms with E-state index in [2.05, 4.69) is 10.3 Å². The first kappa shape index (κ1) is 12.8. The standard InChI is InChI=1S/C11H13N3O3/c1-2-3-4-5-11(15)13-9-6-10(14(16)17)8-12-7-9/h2-3,6-8H,4-5H2,1H3,(H,13,15)/b3-2-. The number of nitro groups is 1. The Labute approximate surface area is 98.5 Å². The van der Waals surface area contributed by atoms with Crippen LogP contribution in [0.5, 0.6) is 0 Å². The number of nitrogens with zero attached hydrogens (tertiary/aromatic N) is 2. The van der Waals surface area contributed by atoms with E-state index in [1.54, 1.807) is 0 Å². The van der Waals surface area contributed by atoms with Crippen LogP contribution in [0.3, 0.4) is 0 Å². The van der Waals surface area contributed by atoms with E-state index in [4.69, 9.17) is 0 Å². The van der Waals surface area contributed by atoms with Gasteiger partial charge in [-0.25, -0.2) is 0 Å². The Balaban J connectivity index is 2.59. The normalized spacial score (nSPS) is 10.4. The van der Waals surface area contributed by atoms with E-state index in [1.165, 1.54) is 12.3 Å². The molecule has 0 aliphatic heterocycles. The number of nitrogens with one attached hydrogen (secondary N) is 1. The molecule has 1 rings (SSSR count). The average molecular weight is 235 g/mol. The summed E-state index contributed by atoms with van der Waals surface area (Å²) in [6, 6.07) is 1.28. The van der Waals surface area contributed by atoms with Crippen LogP contribution in [0.4, 0.5) is 11.4 Å². The van der Waals surface area contributed by atoms with Crippen molar-refractivity contribution in [2.24, 2.45) is 0 Å². The number of anilines is 1. The highest BCUT2D eigenvalue weighted by Crippen LogP contribution is 2.15. The Kier molecular flexibility index (Phi) is 4.80. The number of hydrogen-bond donors (Lipinski definition) is 1. The highest BCUT2D eigenvalue weighted by molar-refractivity contribution is 5.90. The molecule has 90 valence electrons. The van der Waals surface area contributed by atoms with E-state index >= 15 is 0 Å². The van der Waals surface area contributed by atoms with E-state index in [9.17, 15) is 14.9 Å². The maximum atomic E-state index is 11.4. The van der Waals surface area contributed by atoms with Gasteiger partial charge in [0, 0.05) is 12.5 Å². The summed E-state index contributed by atoms with van der Waals surface area (Å²) in [5.41, 5.74) is 0.195. The zero-order valence-corrected chi connectivity index (χ0v) is 9.42. The molecule has 0 atom stereocenters. The summed E-state index contributed by atoms with van der Waals surface area (Å²) in [6.45, 7) is 1.88. The van der Waals surface area contributed by atoms with Gasteiger partial charge in [-0.15, -0.1) is 0 Å². The summed E-state index contributed by atoms with van der Waals surface area (Å²) in [7, 11) is 0. The fourth-order valence-electron chi connectivity index (χ4n) is 1.20. The monoisotopic (exact) mass is 235 g/mol. The molecule has 0 bridgehead atoms. The maximum Gasteiger partial charge on any atom is 0.289 e. The quantitative estimate of drug-likeness (QED) is 0.482. The third-order valence-electron chi connectivity index (χ3n) is 1.99. The van der Waals surface area contributed by atoms with Crippen LogP contribution in [0, 0.1) is 10.1 Å². The van der Waals surface area contributed by atoms with Crippen molar-refractivity contribution in [3.8, 4) is 0 Å². The number of rotatable bonds is 5. The molecule has 0 aliphatic carbocycles.